The van der Waals surface area contributed by atoms with E-state index in [4.69, 9.17) is 5.73 Å². The van der Waals surface area contributed by atoms with Crippen molar-refractivity contribution >= 4 is 15.9 Å². The first-order valence-electron chi connectivity index (χ1n) is 5.31. The highest BCUT2D eigenvalue weighted by molar-refractivity contribution is 7.91. The van der Waals surface area contributed by atoms with E-state index in [2.05, 4.69) is 5.32 Å². The molecule has 17 heavy (non-hydrogen) atoms. The molecule has 0 bridgehead atoms. The van der Waals surface area contributed by atoms with E-state index in [1.165, 1.54) is 0 Å². The first-order chi connectivity index (χ1) is 7.97. The molecule has 0 heterocycles. The fourth-order valence-electron chi connectivity index (χ4n) is 1.49. The van der Waals surface area contributed by atoms with Crippen LogP contribution in [-0.2, 0) is 16.3 Å². The summed E-state index contributed by atoms with van der Waals surface area (Å²) in [6.45, 7) is 1.93. The first kappa shape index (κ1) is 13.5. The third-order valence-electron chi connectivity index (χ3n) is 2.38. The van der Waals surface area contributed by atoms with E-state index in [9.17, 15) is 13.2 Å². The van der Waals surface area contributed by atoms with Crippen LogP contribution in [0.2, 0.25) is 0 Å². The summed E-state index contributed by atoms with van der Waals surface area (Å²) in [6, 6.07) is 6.17. The van der Waals surface area contributed by atoms with Gasteiger partial charge in [0.2, 0.25) is 0 Å². The van der Waals surface area contributed by atoms with Crippen molar-refractivity contribution in [3.8, 4) is 0 Å². The Morgan fingerprint density at radius 1 is 1.35 bits per heavy atom. The van der Waals surface area contributed by atoms with Gasteiger partial charge in [-0.15, -0.1) is 0 Å². The van der Waals surface area contributed by atoms with Crippen molar-refractivity contribution in [2.75, 3.05) is 12.3 Å². The van der Waals surface area contributed by atoms with Crippen molar-refractivity contribution in [2.45, 2.75) is 18.2 Å². The number of sulfone groups is 1. The highest BCUT2D eigenvalue weighted by Gasteiger charge is 2.15. The van der Waals surface area contributed by atoms with Crippen LogP contribution in [0.3, 0.4) is 0 Å². The van der Waals surface area contributed by atoms with Gasteiger partial charge in [0.25, 0.3) is 0 Å². The van der Waals surface area contributed by atoms with Gasteiger partial charge in [-0.25, -0.2) is 13.2 Å². The minimum atomic E-state index is -3.22. The van der Waals surface area contributed by atoms with Crippen molar-refractivity contribution < 1.29 is 13.2 Å². The third kappa shape index (κ3) is 3.74. The molecule has 0 aliphatic carbocycles. The normalized spacial score (nSPS) is 11.1. The van der Waals surface area contributed by atoms with Gasteiger partial charge in [-0.2, -0.15) is 0 Å². The molecule has 0 spiro atoms. The standard InChI is InChI=1S/C11H16N2O3S/c1-2-17(15,16)10-6-4-3-5-9(10)7-8-13-11(12)14/h3-6H,2,7-8H2,1H3,(H3,12,13,14). The molecule has 0 radical (unpaired) electrons. The van der Waals surface area contributed by atoms with Gasteiger partial charge in [0.05, 0.1) is 10.6 Å². The lowest BCUT2D eigenvalue weighted by Crippen LogP contribution is -2.31. The monoisotopic (exact) mass is 256 g/mol. The molecular weight excluding hydrogens is 240 g/mol. The quantitative estimate of drug-likeness (QED) is 0.812. The number of nitrogens with one attached hydrogen (secondary N) is 1. The van der Waals surface area contributed by atoms with Crippen molar-refractivity contribution in [2.24, 2.45) is 5.73 Å². The summed E-state index contributed by atoms with van der Waals surface area (Å²) >= 11 is 0. The van der Waals surface area contributed by atoms with E-state index in [1.807, 2.05) is 0 Å². The zero-order valence-electron chi connectivity index (χ0n) is 9.64. The van der Waals surface area contributed by atoms with Crippen molar-refractivity contribution in [3.05, 3.63) is 29.8 Å². The van der Waals surface area contributed by atoms with E-state index < -0.39 is 15.9 Å². The van der Waals surface area contributed by atoms with Crippen molar-refractivity contribution in [1.29, 1.82) is 0 Å². The van der Waals surface area contributed by atoms with Crippen LogP contribution in [0, 0.1) is 0 Å². The van der Waals surface area contributed by atoms with Crippen molar-refractivity contribution in [3.63, 3.8) is 0 Å². The molecule has 2 amide bonds. The number of carbonyl (C=O) groups excluding carboxylic acids is 1. The molecule has 0 saturated carbocycles. The Hall–Kier alpha value is -1.56. The number of primary amides is 1. The molecule has 0 atom stereocenters. The molecule has 0 aliphatic rings. The first-order valence-corrected chi connectivity index (χ1v) is 6.96. The second-order valence-electron chi connectivity index (χ2n) is 3.55. The van der Waals surface area contributed by atoms with Crippen LogP contribution >= 0.6 is 0 Å². The van der Waals surface area contributed by atoms with Gasteiger partial charge in [0.15, 0.2) is 9.84 Å². The predicted molar refractivity (Wildman–Crippen MR) is 65.5 cm³/mol. The SMILES string of the molecule is CCS(=O)(=O)c1ccccc1CCNC(N)=O. The summed E-state index contributed by atoms with van der Waals surface area (Å²) in [4.78, 5) is 10.8. The lowest BCUT2D eigenvalue weighted by molar-refractivity contribution is 0.249. The molecule has 0 unspecified atom stereocenters. The second kappa shape index (κ2) is 5.67. The molecule has 0 aromatic heterocycles. The lowest BCUT2D eigenvalue weighted by Gasteiger charge is -2.09. The minimum Gasteiger partial charge on any atom is -0.352 e. The minimum absolute atomic E-state index is 0.0628. The average molecular weight is 256 g/mol. The number of hydrogen-bond acceptors (Lipinski definition) is 3. The van der Waals surface area contributed by atoms with Crippen LogP contribution in [0.5, 0.6) is 0 Å². The summed E-state index contributed by atoms with van der Waals surface area (Å²) in [5.74, 6) is 0.0628. The van der Waals surface area contributed by atoms with E-state index in [0.29, 0.717) is 23.4 Å². The molecule has 1 aromatic rings. The lowest BCUT2D eigenvalue weighted by atomic mass is 10.1. The highest BCUT2D eigenvalue weighted by atomic mass is 32.2. The maximum atomic E-state index is 11.8. The number of amides is 2. The van der Waals surface area contributed by atoms with E-state index in [0.717, 1.165) is 0 Å². The van der Waals surface area contributed by atoms with Crippen LogP contribution in [0.25, 0.3) is 0 Å². The molecule has 0 aliphatic heterocycles. The number of nitrogens with two attached hydrogens (primary N) is 1. The fraction of sp³-hybridized carbons (Fsp3) is 0.364. The summed E-state index contributed by atoms with van der Waals surface area (Å²) in [5.41, 5.74) is 5.64. The largest absolute Gasteiger partial charge is 0.352 e. The van der Waals surface area contributed by atoms with Crippen LogP contribution in [0.1, 0.15) is 12.5 Å². The molecule has 1 rings (SSSR count). The Labute approximate surface area is 101 Å². The van der Waals surface area contributed by atoms with E-state index in [1.54, 1.807) is 31.2 Å². The molecule has 1 aromatic carbocycles. The molecule has 5 nitrogen and oxygen atoms in total. The Balaban J connectivity index is 2.89. The summed E-state index contributed by atoms with van der Waals surface area (Å²) in [5, 5.41) is 2.43. The van der Waals surface area contributed by atoms with Crippen LogP contribution in [-0.4, -0.2) is 26.7 Å². The van der Waals surface area contributed by atoms with Gasteiger partial charge < -0.3 is 11.1 Å². The smallest absolute Gasteiger partial charge is 0.312 e. The number of rotatable bonds is 5. The maximum Gasteiger partial charge on any atom is 0.312 e. The van der Waals surface area contributed by atoms with E-state index in [-0.39, 0.29) is 5.75 Å². The highest BCUT2D eigenvalue weighted by Crippen LogP contribution is 2.17. The van der Waals surface area contributed by atoms with Crippen molar-refractivity contribution in [1.82, 2.24) is 5.32 Å². The Bertz CT molecular complexity index is 497. The topological polar surface area (TPSA) is 89.3 Å². The molecule has 0 saturated heterocycles. The van der Waals surface area contributed by atoms with Gasteiger partial charge >= 0.3 is 6.03 Å². The summed E-state index contributed by atoms with van der Waals surface area (Å²) in [6.07, 6.45) is 0.443. The van der Waals surface area contributed by atoms with Crippen LogP contribution < -0.4 is 11.1 Å². The average Bonchev–Trinajstić information content (AvgIpc) is 2.29. The number of urea groups is 1. The van der Waals surface area contributed by atoms with Gasteiger partial charge in [-0.1, -0.05) is 25.1 Å². The molecular formula is C11H16N2O3S. The maximum absolute atomic E-state index is 11.8. The summed E-state index contributed by atoms with van der Waals surface area (Å²) < 4.78 is 23.6. The zero-order chi connectivity index (χ0) is 12.9. The van der Waals surface area contributed by atoms with Gasteiger partial charge in [0, 0.05) is 6.54 Å². The Morgan fingerprint density at radius 3 is 2.59 bits per heavy atom. The van der Waals surface area contributed by atoms with E-state index >= 15 is 0 Å². The van der Waals surface area contributed by atoms with Crippen LogP contribution in [0.15, 0.2) is 29.2 Å². The fourth-order valence-corrected chi connectivity index (χ4v) is 2.66. The van der Waals surface area contributed by atoms with Gasteiger partial charge in [0.1, 0.15) is 0 Å². The van der Waals surface area contributed by atoms with Crippen LogP contribution in [0.4, 0.5) is 4.79 Å². The second-order valence-corrected chi connectivity index (χ2v) is 5.80. The number of benzene rings is 1. The third-order valence-corrected chi connectivity index (χ3v) is 4.21. The molecule has 3 N–H and O–H groups in total. The predicted octanol–water partition coefficient (Wildman–Crippen LogP) is 0.691. The van der Waals surface area contributed by atoms with Gasteiger partial charge in [-0.3, -0.25) is 0 Å². The molecule has 6 heteroatoms. The van der Waals surface area contributed by atoms with Gasteiger partial charge in [-0.05, 0) is 18.1 Å². The Morgan fingerprint density at radius 2 is 2.00 bits per heavy atom. The zero-order valence-corrected chi connectivity index (χ0v) is 10.5. The number of carbonyl (C=O) groups is 1. The number of hydrogen-bond donors (Lipinski definition) is 2. The Kier molecular flexibility index (Phi) is 4.51. The molecule has 0 fully saturated rings. The summed E-state index contributed by atoms with van der Waals surface area (Å²) in [7, 11) is -3.22. The molecule has 94 valence electrons.